The first-order chi connectivity index (χ1) is 49.2. The molecule has 9 aromatic carbocycles. The lowest BCUT2D eigenvalue weighted by atomic mass is 10.2. The highest BCUT2D eigenvalue weighted by molar-refractivity contribution is 6.32. The molecule has 12 rings (SSSR count). The number of aromatic nitrogens is 6. The number of aliphatic hydroxyl groups excluding tert-OH is 1. The number of carbonyl (C=O) groups is 3. The average Bonchev–Trinajstić information content (AvgIpc) is 0.833. The lowest BCUT2D eigenvalue weighted by Crippen LogP contribution is -2.19. The van der Waals surface area contributed by atoms with Gasteiger partial charge in [-0.3, -0.25) is 15.0 Å². The van der Waals surface area contributed by atoms with Crippen LogP contribution in [0.4, 0.5) is 87.9 Å². The molecule has 0 radical (unpaired) electrons. The number of nitrogens with two attached hydrogens (primary N) is 2. The molecule has 0 saturated heterocycles. The van der Waals surface area contributed by atoms with Crippen LogP contribution < -0.4 is 73.5 Å². The summed E-state index contributed by atoms with van der Waals surface area (Å²) in [7, 11) is 0. The number of hydrogen-bond donors (Lipinski definition) is 12. The van der Waals surface area contributed by atoms with E-state index in [-0.39, 0.29) is 28.0 Å². The fourth-order valence-electron chi connectivity index (χ4n) is 9.08. The first kappa shape index (κ1) is 72.7. The largest absolute Gasteiger partial charge is 0.457 e. The quantitative estimate of drug-likeness (QED) is 0.0297. The number of nitrogens with one attached hydrogen (secondary N) is 9. The number of hydrogen-bond acceptors (Lipinski definition) is 18. The molecule has 0 spiro atoms. The molecule has 522 valence electrons. The summed E-state index contributed by atoms with van der Waals surface area (Å²) in [6, 6.07) is 45.4. The van der Waals surface area contributed by atoms with Gasteiger partial charge in [-0.2, -0.15) is 13.2 Å². The van der Waals surface area contributed by atoms with Gasteiger partial charge in [0, 0.05) is 85.0 Å². The van der Waals surface area contributed by atoms with Gasteiger partial charge in [-0.1, -0.05) is 34.8 Å². The molecule has 32 heteroatoms. The van der Waals surface area contributed by atoms with Crippen molar-refractivity contribution in [3.8, 4) is 34.5 Å². The molecule has 3 aromatic heterocycles. The topological polar surface area (TPSA) is 337 Å². The lowest BCUT2D eigenvalue weighted by molar-refractivity contribution is -0.137. The van der Waals surface area contributed by atoms with Gasteiger partial charge in [-0.15, -0.1) is 0 Å². The molecular weight excluding hydrogens is 1390 g/mol. The van der Waals surface area contributed by atoms with Crippen LogP contribution in [0.25, 0.3) is 33.1 Å². The Labute approximate surface area is 592 Å². The summed E-state index contributed by atoms with van der Waals surface area (Å²) >= 11 is 17.0. The first-order valence-corrected chi connectivity index (χ1v) is 31.7. The molecule has 0 saturated carbocycles. The Kier molecular flexibility index (Phi) is 24.7. The number of alkyl halides is 3. The van der Waals surface area contributed by atoms with Crippen LogP contribution >= 0.6 is 34.8 Å². The van der Waals surface area contributed by atoms with Crippen molar-refractivity contribution in [2.24, 2.45) is 11.5 Å². The number of urea groups is 3. The van der Waals surface area contributed by atoms with E-state index in [1.54, 1.807) is 134 Å². The van der Waals surface area contributed by atoms with E-state index in [9.17, 15) is 36.3 Å². The normalized spacial score (nSPS) is 10.9. The summed E-state index contributed by atoms with van der Waals surface area (Å²) in [5, 5.41) is 32.9. The molecular formula is C70H59Cl3F5N17O7. The molecule has 24 nitrogen and oxygen atoms in total. The highest BCUT2D eigenvalue weighted by Gasteiger charge is 2.33. The van der Waals surface area contributed by atoms with Crippen molar-refractivity contribution in [2.75, 3.05) is 87.2 Å². The Morgan fingerprint density at radius 3 is 1.08 bits per heavy atom. The Bertz CT molecular complexity index is 4730. The van der Waals surface area contributed by atoms with Crippen LogP contribution in [0.3, 0.4) is 0 Å². The second kappa shape index (κ2) is 34.7. The third kappa shape index (κ3) is 21.3. The Morgan fingerprint density at radius 2 is 0.716 bits per heavy atom. The highest BCUT2D eigenvalue weighted by Crippen LogP contribution is 2.37. The molecule has 0 aliphatic carbocycles. The lowest BCUT2D eigenvalue weighted by Gasteiger charge is -2.12. The monoisotopic (exact) mass is 1450 g/mol. The molecule has 3 heterocycles. The molecule has 0 unspecified atom stereocenters. The smallest absolute Gasteiger partial charge is 0.417 e. The summed E-state index contributed by atoms with van der Waals surface area (Å²) in [5.74, 6) is 3.97. The predicted octanol–water partition coefficient (Wildman–Crippen LogP) is 16.6. The van der Waals surface area contributed by atoms with Gasteiger partial charge in [0.2, 0.25) is 0 Å². The van der Waals surface area contributed by atoms with Crippen molar-refractivity contribution in [3.05, 3.63) is 233 Å². The molecule has 0 fully saturated rings. The standard InChI is InChI=1S/C24H19ClF3N5O3.2C23H20ClFN6O2/c25-19-7-3-15(11-18(19)24(26,27)28)32-23(35)31-14-1-4-16(5-2-14)36-17-6-8-20-21(12-17)33-22(13-30-20)29-9-10-34;24-18-11-15(3-7-19(18)25)30-23(32)29-14-1-4-16(5-2-14)33-17-6-8-20-21(12-17)31-22(13-28-20)27-10-9-26;24-18-7-3-15(11-19(18)25)30-23(32)29-14-1-4-16(5-2-14)33-17-6-8-20-21(12-17)31-22(13-28-20)27-10-9-26/h1-8,11-13,34H,9-10H2,(H,29,33)(H2,31,32,35);2*1-8,11-13H,9-10,26H2,(H,27,31)(H2,29,30,32). The Hall–Kier alpha value is -12.0. The van der Waals surface area contributed by atoms with E-state index in [4.69, 9.17) is 65.6 Å². The summed E-state index contributed by atoms with van der Waals surface area (Å²) < 4.78 is 83.4. The van der Waals surface area contributed by atoms with Crippen LogP contribution in [-0.4, -0.2) is 92.4 Å². The van der Waals surface area contributed by atoms with Crippen LogP contribution in [0.2, 0.25) is 15.1 Å². The van der Waals surface area contributed by atoms with Gasteiger partial charge in [0.15, 0.2) is 0 Å². The third-order valence-corrected chi connectivity index (χ3v) is 14.7. The number of aliphatic hydroxyl groups is 1. The van der Waals surface area contributed by atoms with E-state index in [0.29, 0.717) is 129 Å². The van der Waals surface area contributed by atoms with Crippen molar-refractivity contribution >= 4 is 138 Å². The van der Waals surface area contributed by atoms with Crippen molar-refractivity contribution < 1.29 is 55.7 Å². The maximum absolute atomic E-state index is 13.5. The summed E-state index contributed by atoms with van der Waals surface area (Å²) in [6.45, 7) is 2.52. The van der Waals surface area contributed by atoms with Gasteiger partial charge in [0.05, 0.1) is 78.9 Å². The van der Waals surface area contributed by atoms with Crippen LogP contribution in [-0.2, 0) is 6.18 Å². The number of benzene rings is 9. The van der Waals surface area contributed by atoms with Crippen LogP contribution in [0, 0.1) is 11.6 Å². The molecule has 0 aliphatic heterocycles. The van der Waals surface area contributed by atoms with Gasteiger partial charge in [-0.25, -0.2) is 38.1 Å². The molecule has 14 N–H and O–H groups in total. The minimum Gasteiger partial charge on any atom is -0.457 e. The molecule has 0 aliphatic rings. The number of amides is 6. The van der Waals surface area contributed by atoms with E-state index < -0.39 is 46.5 Å². The predicted molar refractivity (Wildman–Crippen MR) is 386 cm³/mol. The van der Waals surface area contributed by atoms with Crippen LogP contribution in [0.15, 0.2) is 201 Å². The fraction of sp³-hybridized carbons (Fsp3) is 0.100. The molecule has 6 amide bonds. The number of anilines is 9. The second-order valence-corrected chi connectivity index (χ2v) is 22.6. The number of nitrogens with zero attached hydrogens (tertiary/aromatic N) is 6. The van der Waals surface area contributed by atoms with Crippen LogP contribution in [0.1, 0.15) is 5.56 Å². The molecule has 0 bridgehead atoms. The fourth-order valence-corrected chi connectivity index (χ4v) is 9.60. The maximum atomic E-state index is 13.5. The maximum Gasteiger partial charge on any atom is 0.417 e. The van der Waals surface area contributed by atoms with E-state index in [1.165, 1.54) is 36.4 Å². The number of carbonyl (C=O) groups excluding carboxylic acids is 3. The number of ether oxygens (including phenoxy) is 3. The summed E-state index contributed by atoms with van der Waals surface area (Å²) in [5.41, 5.74) is 16.2. The zero-order chi connectivity index (χ0) is 72.1. The first-order valence-electron chi connectivity index (χ1n) is 30.6. The Morgan fingerprint density at radius 1 is 0.382 bits per heavy atom. The third-order valence-electron chi connectivity index (χ3n) is 13.8. The number of fused-ring (bicyclic) bond motifs is 3. The highest BCUT2D eigenvalue weighted by atomic mass is 35.5. The van der Waals surface area contributed by atoms with E-state index in [0.717, 1.165) is 29.2 Å². The van der Waals surface area contributed by atoms with E-state index >= 15 is 0 Å². The minimum atomic E-state index is -4.64. The van der Waals surface area contributed by atoms with Crippen LogP contribution in [0.5, 0.6) is 34.5 Å². The second-order valence-electron chi connectivity index (χ2n) is 21.4. The molecule has 0 atom stereocenters. The van der Waals surface area contributed by atoms with Crippen molar-refractivity contribution in [3.63, 3.8) is 0 Å². The molecule has 102 heavy (non-hydrogen) atoms. The van der Waals surface area contributed by atoms with Crippen molar-refractivity contribution in [1.29, 1.82) is 0 Å². The van der Waals surface area contributed by atoms with Crippen molar-refractivity contribution in [1.82, 2.24) is 29.9 Å². The molecule has 12 aromatic rings. The average molecular weight is 1450 g/mol. The van der Waals surface area contributed by atoms with E-state index in [1.807, 2.05) is 12.1 Å². The van der Waals surface area contributed by atoms with Gasteiger partial charge < -0.3 is 78.6 Å². The Balaban J connectivity index is 0.000000165. The van der Waals surface area contributed by atoms with Gasteiger partial charge in [-0.05, 0) is 164 Å². The van der Waals surface area contributed by atoms with Gasteiger partial charge in [0.1, 0.15) is 63.6 Å². The zero-order valence-corrected chi connectivity index (χ0v) is 55.3. The van der Waals surface area contributed by atoms with Gasteiger partial charge >= 0.3 is 24.3 Å². The zero-order valence-electron chi connectivity index (χ0n) is 53.1. The van der Waals surface area contributed by atoms with E-state index in [2.05, 4.69) is 77.8 Å². The van der Waals surface area contributed by atoms with Gasteiger partial charge in [0.25, 0.3) is 0 Å². The SMILES string of the molecule is NCCNc1cnc2ccc(Oc3ccc(NC(=O)Nc4ccc(Cl)c(F)c4)cc3)cc2n1.NCCNc1cnc2ccc(Oc3ccc(NC(=O)Nc4ccc(F)c(Cl)c4)cc3)cc2n1.O=C(Nc1ccc(Oc2ccc3ncc(NCCO)nc3c2)cc1)Nc1ccc(Cl)c(C(F)(F)F)c1. The number of rotatable bonds is 21. The van der Waals surface area contributed by atoms with Crippen molar-refractivity contribution in [2.45, 2.75) is 6.18 Å². The summed E-state index contributed by atoms with van der Waals surface area (Å²) in [4.78, 5) is 63.0. The number of halogens is 8. The summed E-state index contributed by atoms with van der Waals surface area (Å²) in [6.07, 6.45) is 0.245. The minimum absolute atomic E-state index is 0.0151.